The van der Waals surface area contributed by atoms with Crippen molar-refractivity contribution < 1.29 is 17.9 Å². The van der Waals surface area contributed by atoms with Gasteiger partial charge in [-0.2, -0.15) is 13.2 Å². The number of rotatable bonds is 6. The molecule has 0 fully saturated rings. The van der Waals surface area contributed by atoms with E-state index in [-0.39, 0.29) is 16.9 Å². The van der Waals surface area contributed by atoms with Crippen LogP contribution < -0.4 is 10.1 Å². The highest BCUT2D eigenvalue weighted by Crippen LogP contribution is 2.34. The minimum absolute atomic E-state index is 0.0473. The third kappa shape index (κ3) is 3.56. The number of imidazole rings is 1. The summed E-state index contributed by atoms with van der Waals surface area (Å²) < 4.78 is 46.4. The number of unbranched alkanes of at least 4 members (excludes halogenated alkanes) is 1. The number of benzene rings is 1. The van der Waals surface area contributed by atoms with Crippen molar-refractivity contribution in [2.45, 2.75) is 25.9 Å². The van der Waals surface area contributed by atoms with Crippen LogP contribution in [0.25, 0.3) is 16.9 Å². The number of hydrogen-bond donors (Lipinski definition) is 1. The Bertz CT molecular complexity index is 890. The first-order valence-corrected chi connectivity index (χ1v) is 8.14. The van der Waals surface area contributed by atoms with Crippen LogP contribution in [0.15, 0.2) is 30.6 Å². The summed E-state index contributed by atoms with van der Waals surface area (Å²) in [6, 6.07) is 4.55. The Morgan fingerprint density at radius 1 is 1.19 bits per heavy atom. The number of hydrogen-bond acceptors (Lipinski definition) is 5. The fourth-order valence-electron chi connectivity index (χ4n) is 2.53. The second-order valence-electron chi connectivity index (χ2n) is 5.66. The van der Waals surface area contributed by atoms with Gasteiger partial charge in [0, 0.05) is 12.6 Å². The topological polar surface area (TPSA) is 64.9 Å². The molecule has 0 aliphatic carbocycles. The summed E-state index contributed by atoms with van der Waals surface area (Å²) in [4.78, 5) is 12.0. The van der Waals surface area contributed by atoms with Crippen LogP contribution in [0.1, 0.15) is 25.6 Å². The van der Waals surface area contributed by atoms with Crippen LogP contribution in [0.5, 0.6) is 5.75 Å². The van der Waals surface area contributed by atoms with E-state index in [0.29, 0.717) is 11.6 Å². The first-order valence-electron chi connectivity index (χ1n) is 8.14. The predicted octanol–water partition coefficient (Wildman–Crippen LogP) is 4.05. The molecule has 0 saturated carbocycles. The summed E-state index contributed by atoms with van der Waals surface area (Å²) in [5.41, 5.74) is 0.447. The summed E-state index contributed by atoms with van der Waals surface area (Å²) in [7, 11) is 1.44. The van der Waals surface area contributed by atoms with Crippen molar-refractivity contribution in [1.29, 1.82) is 0 Å². The van der Waals surface area contributed by atoms with Crippen molar-refractivity contribution in [3.63, 3.8) is 0 Å². The Morgan fingerprint density at radius 3 is 2.62 bits per heavy atom. The van der Waals surface area contributed by atoms with E-state index in [1.807, 2.05) is 0 Å². The molecule has 6 nitrogen and oxygen atoms in total. The molecule has 2 aromatic heterocycles. The van der Waals surface area contributed by atoms with E-state index < -0.39 is 12.0 Å². The average molecular weight is 365 g/mol. The maximum absolute atomic E-state index is 13.5. The number of halogens is 3. The molecule has 2 heterocycles. The van der Waals surface area contributed by atoms with E-state index >= 15 is 0 Å². The lowest BCUT2D eigenvalue weighted by Crippen LogP contribution is -2.15. The second kappa shape index (κ2) is 7.19. The van der Waals surface area contributed by atoms with Gasteiger partial charge in [-0.25, -0.2) is 15.0 Å². The smallest absolute Gasteiger partial charge is 0.450 e. The van der Waals surface area contributed by atoms with Gasteiger partial charge in [0.1, 0.15) is 11.6 Å². The lowest BCUT2D eigenvalue weighted by Gasteiger charge is -2.11. The normalized spacial score (nSPS) is 11.7. The molecule has 0 amide bonds. The van der Waals surface area contributed by atoms with Gasteiger partial charge in [0.15, 0.2) is 5.82 Å². The molecule has 0 aliphatic heterocycles. The van der Waals surface area contributed by atoms with Crippen LogP contribution in [0.2, 0.25) is 0 Å². The van der Waals surface area contributed by atoms with Crippen molar-refractivity contribution in [2.24, 2.45) is 0 Å². The van der Waals surface area contributed by atoms with Gasteiger partial charge in [-0.15, -0.1) is 0 Å². The number of fused-ring (bicyclic) bond motifs is 1. The van der Waals surface area contributed by atoms with Gasteiger partial charge in [-0.1, -0.05) is 13.3 Å². The summed E-state index contributed by atoms with van der Waals surface area (Å²) in [5.74, 6) is -0.0629. The molecule has 3 aromatic rings. The maximum atomic E-state index is 13.5. The van der Waals surface area contributed by atoms with Gasteiger partial charge >= 0.3 is 6.18 Å². The minimum Gasteiger partial charge on any atom is -0.497 e. The van der Waals surface area contributed by atoms with Crippen molar-refractivity contribution in [2.75, 3.05) is 19.0 Å². The molecule has 3 rings (SSSR count). The molecule has 0 atom stereocenters. The highest BCUT2D eigenvalue weighted by Gasteiger charge is 2.38. The third-order valence-electron chi connectivity index (χ3n) is 3.82. The standard InChI is InChI=1S/C17H18F3N5O/c1-3-4-7-21-14-9-23-15(10-22-14)25-13-6-5-11(26-2)8-12(13)24-16(25)17(18,19)20/h5-6,8-10H,3-4,7H2,1-2H3,(H,21,22). The van der Waals surface area contributed by atoms with Gasteiger partial charge in [0.05, 0.1) is 30.5 Å². The lowest BCUT2D eigenvalue weighted by molar-refractivity contribution is -0.145. The van der Waals surface area contributed by atoms with Crippen molar-refractivity contribution in [3.05, 3.63) is 36.4 Å². The van der Waals surface area contributed by atoms with Gasteiger partial charge < -0.3 is 10.1 Å². The number of ether oxygens (including phenoxy) is 1. The number of anilines is 1. The number of nitrogens with zero attached hydrogens (tertiary/aromatic N) is 4. The monoisotopic (exact) mass is 365 g/mol. The molecule has 138 valence electrons. The first kappa shape index (κ1) is 18.0. The maximum Gasteiger partial charge on any atom is 0.450 e. The average Bonchev–Trinajstić information content (AvgIpc) is 3.01. The highest BCUT2D eigenvalue weighted by atomic mass is 19.4. The highest BCUT2D eigenvalue weighted by molar-refractivity contribution is 5.79. The van der Waals surface area contributed by atoms with Crippen LogP contribution in [0.4, 0.5) is 19.0 Å². The van der Waals surface area contributed by atoms with Crippen LogP contribution in [-0.2, 0) is 6.18 Å². The van der Waals surface area contributed by atoms with Crippen molar-refractivity contribution in [1.82, 2.24) is 19.5 Å². The molecular weight excluding hydrogens is 347 g/mol. The molecule has 0 saturated heterocycles. The quantitative estimate of drug-likeness (QED) is 0.668. The molecule has 0 unspecified atom stereocenters. The molecule has 0 radical (unpaired) electrons. The largest absolute Gasteiger partial charge is 0.497 e. The molecule has 1 N–H and O–H groups in total. The van der Waals surface area contributed by atoms with Crippen molar-refractivity contribution >= 4 is 16.9 Å². The van der Waals surface area contributed by atoms with E-state index in [0.717, 1.165) is 24.0 Å². The van der Waals surface area contributed by atoms with Gasteiger partial charge in [-0.3, -0.25) is 4.57 Å². The Hall–Kier alpha value is -2.84. The minimum atomic E-state index is -4.63. The van der Waals surface area contributed by atoms with Crippen molar-refractivity contribution in [3.8, 4) is 11.6 Å². The zero-order chi connectivity index (χ0) is 18.7. The van der Waals surface area contributed by atoms with E-state index in [9.17, 15) is 13.2 Å². The van der Waals surface area contributed by atoms with E-state index in [2.05, 4.69) is 27.2 Å². The Balaban J connectivity index is 2.05. The van der Waals surface area contributed by atoms with Gasteiger partial charge in [-0.05, 0) is 18.6 Å². The molecule has 26 heavy (non-hydrogen) atoms. The Kier molecular flexibility index (Phi) is 4.97. The lowest BCUT2D eigenvalue weighted by atomic mass is 10.3. The summed E-state index contributed by atoms with van der Waals surface area (Å²) in [6.45, 7) is 2.79. The van der Waals surface area contributed by atoms with E-state index in [4.69, 9.17) is 4.74 Å². The number of alkyl halides is 3. The van der Waals surface area contributed by atoms with Crippen LogP contribution in [0.3, 0.4) is 0 Å². The zero-order valence-corrected chi connectivity index (χ0v) is 14.3. The second-order valence-corrected chi connectivity index (χ2v) is 5.66. The Morgan fingerprint density at radius 2 is 2.00 bits per heavy atom. The van der Waals surface area contributed by atoms with E-state index in [1.165, 1.54) is 31.6 Å². The summed E-state index contributed by atoms with van der Waals surface area (Å²) >= 11 is 0. The number of aromatic nitrogens is 4. The summed E-state index contributed by atoms with van der Waals surface area (Å²) in [6.07, 6.45) is 0.0783. The van der Waals surface area contributed by atoms with Crippen LogP contribution in [-0.4, -0.2) is 33.2 Å². The molecule has 0 spiro atoms. The number of nitrogens with one attached hydrogen (secondary N) is 1. The summed E-state index contributed by atoms with van der Waals surface area (Å²) in [5, 5.41) is 3.08. The predicted molar refractivity (Wildman–Crippen MR) is 91.6 cm³/mol. The SMILES string of the molecule is CCCCNc1cnc(-n2c(C(F)(F)F)nc3cc(OC)ccc32)cn1. The molecule has 0 aliphatic rings. The third-order valence-corrected chi connectivity index (χ3v) is 3.82. The fraction of sp³-hybridized carbons (Fsp3) is 0.353. The number of methoxy groups -OCH3 is 1. The first-order chi connectivity index (χ1) is 12.4. The fourth-order valence-corrected chi connectivity index (χ4v) is 2.53. The molecular formula is C17H18F3N5O. The zero-order valence-electron chi connectivity index (χ0n) is 14.3. The molecule has 0 bridgehead atoms. The van der Waals surface area contributed by atoms with Crippen LogP contribution >= 0.6 is 0 Å². The van der Waals surface area contributed by atoms with E-state index in [1.54, 1.807) is 6.07 Å². The molecule has 1 aromatic carbocycles. The molecule has 9 heteroatoms. The Labute approximate surface area is 148 Å². The van der Waals surface area contributed by atoms with Gasteiger partial charge in [0.2, 0.25) is 5.82 Å². The van der Waals surface area contributed by atoms with Gasteiger partial charge in [0.25, 0.3) is 0 Å². The van der Waals surface area contributed by atoms with Crippen LogP contribution in [0, 0.1) is 0 Å².